The van der Waals surface area contributed by atoms with Crippen molar-refractivity contribution in [3.63, 3.8) is 0 Å². The minimum Gasteiger partial charge on any atom is -0.310 e. The summed E-state index contributed by atoms with van der Waals surface area (Å²) in [5.74, 6) is 0.528. The fourth-order valence-electron chi connectivity index (χ4n) is 2.57. The number of nitrogens with zero attached hydrogens (tertiary/aromatic N) is 4. The van der Waals surface area contributed by atoms with Crippen molar-refractivity contribution in [3.8, 4) is 0 Å². The highest BCUT2D eigenvalue weighted by atomic mass is 15.3. The number of rotatable bonds is 7. The SMILES string of the molecule is Cc1cc(C)n(C[C@@H](C)CN[C@@H](C)c2cnn(C(C)C)c2)n1. The van der Waals surface area contributed by atoms with Crippen LogP contribution in [0.1, 0.15) is 56.7 Å². The molecule has 1 N–H and O–H groups in total. The highest BCUT2D eigenvalue weighted by molar-refractivity contribution is 5.09. The average Bonchev–Trinajstić information content (AvgIpc) is 3.04. The maximum absolute atomic E-state index is 4.53. The first kappa shape index (κ1) is 16.7. The second-order valence-electron chi connectivity index (χ2n) is 6.69. The van der Waals surface area contributed by atoms with Crippen LogP contribution in [0, 0.1) is 19.8 Å². The molecule has 0 aliphatic heterocycles. The molecule has 0 fully saturated rings. The summed E-state index contributed by atoms with van der Waals surface area (Å²) >= 11 is 0. The summed E-state index contributed by atoms with van der Waals surface area (Å²) in [7, 11) is 0. The van der Waals surface area contributed by atoms with Crippen molar-refractivity contribution in [1.82, 2.24) is 24.9 Å². The number of aryl methyl sites for hydroxylation is 2. The minimum atomic E-state index is 0.315. The van der Waals surface area contributed by atoms with E-state index >= 15 is 0 Å². The molecule has 22 heavy (non-hydrogen) atoms. The zero-order valence-electron chi connectivity index (χ0n) is 14.7. The summed E-state index contributed by atoms with van der Waals surface area (Å²) in [6.07, 6.45) is 4.09. The number of aromatic nitrogens is 4. The van der Waals surface area contributed by atoms with Crippen molar-refractivity contribution in [1.29, 1.82) is 0 Å². The van der Waals surface area contributed by atoms with Crippen molar-refractivity contribution in [3.05, 3.63) is 35.4 Å². The predicted octanol–water partition coefficient (Wildman–Crippen LogP) is 3.26. The van der Waals surface area contributed by atoms with Gasteiger partial charge in [0.2, 0.25) is 0 Å². The zero-order valence-corrected chi connectivity index (χ0v) is 14.7. The number of nitrogens with one attached hydrogen (secondary N) is 1. The molecule has 5 heteroatoms. The van der Waals surface area contributed by atoms with Gasteiger partial charge in [-0.25, -0.2) is 0 Å². The molecule has 2 heterocycles. The number of hydrogen-bond acceptors (Lipinski definition) is 3. The third-order valence-electron chi connectivity index (χ3n) is 4.01. The van der Waals surface area contributed by atoms with E-state index in [0.29, 0.717) is 18.0 Å². The molecule has 0 spiro atoms. The normalized spacial score (nSPS) is 14.5. The molecule has 0 aliphatic rings. The highest BCUT2D eigenvalue weighted by Crippen LogP contribution is 2.14. The van der Waals surface area contributed by atoms with Crippen LogP contribution in [0.15, 0.2) is 18.5 Å². The Morgan fingerprint density at radius 3 is 2.45 bits per heavy atom. The Bertz CT molecular complexity index is 596. The molecular weight excluding hydrogens is 274 g/mol. The molecule has 0 saturated heterocycles. The average molecular weight is 303 g/mol. The zero-order chi connectivity index (χ0) is 16.3. The first-order chi connectivity index (χ1) is 10.4. The van der Waals surface area contributed by atoms with Gasteiger partial charge < -0.3 is 5.32 Å². The largest absolute Gasteiger partial charge is 0.310 e. The van der Waals surface area contributed by atoms with Crippen LogP contribution in [-0.4, -0.2) is 26.1 Å². The fourth-order valence-corrected chi connectivity index (χ4v) is 2.57. The molecular formula is C17H29N5. The standard InChI is InChI=1S/C17H29N5/c1-12(2)21-11-17(9-19-21)16(6)18-8-13(3)10-22-15(5)7-14(4)20-22/h7,9,11-13,16,18H,8,10H2,1-6H3/t13-,16-/m0/s1. The molecule has 2 aromatic rings. The Labute approximate surface area is 133 Å². The van der Waals surface area contributed by atoms with Crippen LogP contribution in [0.5, 0.6) is 0 Å². The Hall–Kier alpha value is -1.62. The molecule has 0 bridgehead atoms. The summed E-state index contributed by atoms with van der Waals surface area (Å²) in [4.78, 5) is 0. The van der Waals surface area contributed by atoms with Crippen molar-refractivity contribution < 1.29 is 0 Å². The first-order valence-corrected chi connectivity index (χ1v) is 8.15. The van der Waals surface area contributed by atoms with Gasteiger partial charge in [0.15, 0.2) is 0 Å². The fraction of sp³-hybridized carbons (Fsp3) is 0.647. The van der Waals surface area contributed by atoms with Gasteiger partial charge in [-0.1, -0.05) is 6.92 Å². The van der Waals surface area contributed by atoms with Crippen molar-refractivity contribution in [2.45, 2.75) is 60.2 Å². The van der Waals surface area contributed by atoms with Crippen molar-refractivity contribution >= 4 is 0 Å². The van der Waals surface area contributed by atoms with Crippen LogP contribution in [-0.2, 0) is 6.54 Å². The Balaban J connectivity index is 1.84. The molecule has 2 rings (SSSR count). The van der Waals surface area contributed by atoms with Crippen LogP contribution in [0.4, 0.5) is 0 Å². The molecule has 0 saturated carbocycles. The molecule has 0 aliphatic carbocycles. The minimum absolute atomic E-state index is 0.315. The molecule has 5 nitrogen and oxygen atoms in total. The third kappa shape index (κ3) is 4.19. The van der Waals surface area contributed by atoms with E-state index in [9.17, 15) is 0 Å². The molecule has 2 aromatic heterocycles. The quantitative estimate of drug-likeness (QED) is 0.854. The Morgan fingerprint density at radius 1 is 1.18 bits per heavy atom. The Morgan fingerprint density at radius 2 is 1.91 bits per heavy atom. The molecule has 0 amide bonds. The van der Waals surface area contributed by atoms with E-state index in [1.807, 2.05) is 17.8 Å². The second kappa shape index (κ2) is 7.09. The van der Waals surface area contributed by atoms with E-state index < -0.39 is 0 Å². The molecule has 0 radical (unpaired) electrons. The lowest BCUT2D eigenvalue weighted by atomic mass is 10.1. The van der Waals surface area contributed by atoms with Crippen LogP contribution in [0.3, 0.4) is 0 Å². The molecule has 0 unspecified atom stereocenters. The second-order valence-corrected chi connectivity index (χ2v) is 6.69. The van der Waals surface area contributed by atoms with E-state index in [4.69, 9.17) is 0 Å². The van der Waals surface area contributed by atoms with E-state index in [2.05, 4.69) is 67.1 Å². The van der Waals surface area contributed by atoms with Gasteiger partial charge in [-0.05, 0) is 46.6 Å². The van der Waals surface area contributed by atoms with Gasteiger partial charge in [-0.15, -0.1) is 0 Å². The lowest BCUT2D eigenvalue weighted by molar-refractivity contribution is 0.398. The predicted molar refractivity (Wildman–Crippen MR) is 89.9 cm³/mol. The lowest BCUT2D eigenvalue weighted by Gasteiger charge is -2.17. The van der Waals surface area contributed by atoms with Gasteiger partial charge in [0, 0.05) is 42.6 Å². The van der Waals surface area contributed by atoms with E-state index in [-0.39, 0.29) is 0 Å². The summed E-state index contributed by atoms with van der Waals surface area (Å²) in [6.45, 7) is 14.8. The van der Waals surface area contributed by atoms with Crippen molar-refractivity contribution in [2.75, 3.05) is 6.54 Å². The lowest BCUT2D eigenvalue weighted by Crippen LogP contribution is -2.27. The highest BCUT2D eigenvalue weighted by Gasteiger charge is 2.12. The summed E-state index contributed by atoms with van der Waals surface area (Å²) in [5, 5.41) is 12.5. The van der Waals surface area contributed by atoms with Gasteiger partial charge in [-0.2, -0.15) is 10.2 Å². The molecule has 0 aromatic carbocycles. The topological polar surface area (TPSA) is 47.7 Å². The first-order valence-electron chi connectivity index (χ1n) is 8.15. The molecule has 122 valence electrons. The number of hydrogen-bond donors (Lipinski definition) is 1. The summed E-state index contributed by atoms with van der Waals surface area (Å²) < 4.78 is 4.11. The van der Waals surface area contributed by atoms with Crippen molar-refractivity contribution in [2.24, 2.45) is 5.92 Å². The van der Waals surface area contributed by atoms with Crippen LogP contribution >= 0.6 is 0 Å². The van der Waals surface area contributed by atoms with Gasteiger partial charge in [0.25, 0.3) is 0 Å². The molecule has 2 atom stereocenters. The van der Waals surface area contributed by atoms with Gasteiger partial charge in [0.1, 0.15) is 0 Å². The van der Waals surface area contributed by atoms with Crippen LogP contribution in [0.2, 0.25) is 0 Å². The smallest absolute Gasteiger partial charge is 0.0596 e. The Kier molecular flexibility index (Phi) is 5.40. The van der Waals surface area contributed by atoms with Gasteiger partial charge in [-0.3, -0.25) is 9.36 Å². The maximum atomic E-state index is 4.53. The maximum Gasteiger partial charge on any atom is 0.0596 e. The van der Waals surface area contributed by atoms with E-state index in [1.54, 1.807) is 0 Å². The van der Waals surface area contributed by atoms with Gasteiger partial charge >= 0.3 is 0 Å². The van der Waals surface area contributed by atoms with Crippen LogP contribution < -0.4 is 5.32 Å². The monoisotopic (exact) mass is 303 g/mol. The third-order valence-corrected chi connectivity index (χ3v) is 4.01. The summed E-state index contributed by atoms with van der Waals surface area (Å²) in [5.41, 5.74) is 3.56. The van der Waals surface area contributed by atoms with E-state index in [1.165, 1.54) is 11.3 Å². The van der Waals surface area contributed by atoms with E-state index in [0.717, 1.165) is 18.8 Å². The van der Waals surface area contributed by atoms with Crippen LogP contribution in [0.25, 0.3) is 0 Å². The van der Waals surface area contributed by atoms with Gasteiger partial charge in [0.05, 0.1) is 11.9 Å². The summed E-state index contributed by atoms with van der Waals surface area (Å²) in [6, 6.07) is 2.85.